The summed E-state index contributed by atoms with van der Waals surface area (Å²) >= 11 is 0. The van der Waals surface area contributed by atoms with Crippen LogP contribution in [0, 0.1) is 19.3 Å². The zero-order chi connectivity index (χ0) is 19.9. The number of sulfonamides is 1. The van der Waals surface area contributed by atoms with Crippen LogP contribution < -0.4 is 0 Å². The maximum absolute atomic E-state index is 13.4. The second kappa shape index (κ2) is 6.97. The summed E-state index contributed by atoms with van der Waals surface area (Å²) in [6, 6.07) is 14.4. The predicted molar refractivity (Wildman–Crippen MR) is 112 cm³/mol. The van der Waals surface area contributed by atoms with E-state index in [-0.39, 0.29) is 4.90 Å². The molecule has 0 aliphatic carbocycles. The maximum atomic E-state index is 13.4. The summed E-state index contributed by atoms with van der Waals surface area (Å²) in [6.07, 6.45) is 8.34. The fourth-order valence-corrected chi connectivity index (χ4v) is 5.57. The lowest BCUT2D eigenvalue weighted by Gasteiger charge is -2.33. The first kappa shape index (κ1) is 18.5. The molecule has 3 aromatic rings. The van der Waals surface area contributed by atoms with Crippen molar-refractivity contribution < 1.29 is 8.42 Å². The minimum atomic E-state index is -3.70. The SMILES string of the molecule is C#CC1c2c(c3ccccc3n2CC=C)CCN1S(=O)(=O)c1ccc(C)cc1. The number of allylic oxidation sites excluding steroid dienone is 1. The van der Waals surface area contributed by atoms with E-state index in [1.54, 1.807) is 12.1 Å². The van der Waals surface area contributed by atoms with Crippen molar-refractivity contribution in [1.29, 1.82) is 0 Å². The van der Waals surface area contributed by atoms with Crippen LogP contribution >= 0.6 is 0 Å². The Morgan fingerprint density at radius 2 is 1.93 bits per heavy atom. The minimum Gasteiger partial charge on any atom is -0.338 e. The molecule has 0 saturated heterocycles. The molecule has 0 radical (unpaired) electrons. The molecule has 142 valence electrons. The van der Waals surface area contributed by atoms with Gasteiger partial charge in [-0.25, -0.2) is 8.42 Å². The van der Waals surface area contributed by atoms with E-state index in [9.17, 15) is 8.42 Å². The van der Waals surface area contributed by atoms with Crippen LogP contribution in [-0.2, 0) is 23.0 Å². The summed E-state index contributed by atoms with van der Waals surface area (Å²) in [5, 5.41) is 1.13. The molecule has 0 bridgehead atoms. The maximum Gasteiger partial charge on any atom is 0.244 e. The van der Waals surface area contributed by atoms with Gasteiger partial charge in [0.15, 0.2) is 0 Å². The van der Waals surface area contributed by atoms with Gasteiger partial charge in [-0.1, -0.05) is 47.9 Å². The molecule has 1 unspecified atom stereocenters. The average molecular weight is 391 g/mol. The zero-order valence-corrected chi connectivity index (χ0v) is 16.6. The van der Waals surface area contributed by atoms with Gasteiger partial charge in [0.1, 0.15) is 6.04 Å². The highest BCUT2D eigenvalue weighted by atomic mass is 32.2. The molecule has 28 heavy (non-hydrogen) atoms. The lowest BCUT2D eigenvalue weighted by molar-refractivity contribution is 0.349. The van der Waals surface area contributed by atoms with Crippen LogP contribution in [-0.4, -0.2) is 23.8 Å². The van der Waals surface area contributed by atoms with Gasteiger partial charge in [-0.15, -0.1) is 13.0 Å². The molecule has 2 heterocycles. The molecule has 1 aliphatic rings. The lowest BCUT2D eigenvalue weighted by Crippen LogP contribution is -2.40. The molecular weight excluding hydrogens is 368 g/mol. The number of hydrogen-bond donors (Lipinski definition) is 0. The quantitative estimate of drug-likeness (QED) is 0.498. The highest BCUT2D eigenvalue weighted by Gasteiger charge is 2.38. The predicted octanol–water partition coefficient (Wildman–Crippen LogP) is 4.06. The van der Waals surface area contributed by atoms with E-state index < -0.39 is 16.1 Å². The van der Waals surface area contributed by atoms with Gasteiger partial charge in [-0.05, 0) is 37.1 Å². The van der Waals surface area contributed by atoms with Gasteiger partial charge >= 0.3 is 0 Å². The molecule has 4 nitrogen and oxygen atoms in total. The summed E-state index contributed by atoms with van der Waals surface area (Å²) in [6.45, 7) is 6.73. The van der Waals surface area contributed by atoms with E-state index in [1.165, 1.54) is 4.31 Å². The van der Waals surface area contributed by atoms with Crippen molar-refractivity contribution in [2.75, 3.05) is 6.54 Å². The molecule has 0 spiro atoms. The van der Waals surface area contributed by atoms with Crippen LogP contribution in [0.25, 0.3) is 10.9 Å². The number of aromatic nitrogens is 1. The van der Waals surface area contributed by atoms with E-state index in [4.69, 9.17) is 6.42 Å². The fraction of sp³-hybridized carbons (Fsp3) is 0.217. The number of aryl methyl sites for hydroxylation is 1. The van der Waals surface area contributed by atoms with Crippen LogP contribution in [0.5, 0.6) is 0 Å². The zero-order valence-electron chi connectivity index (χ0n) is 15.8. The van der Waals surface area contributed by atoms with E-state index in [2.05, 4.69) is 23.1 Å². The standard InChI is InChI=1S/C23H22N2O2S/c1-4-15-24-22-9-7-6-8-19(22)20-14-16-25(21(5-2)23(20)24)28(26,27)18-12-10-17(3)11-13-18/h2,4,6-13,21H,1,14-16H2,3H3. The van der Waals surface area contributed by atoms with Gasteiger partial charge in [-0.2, -0.15) is 4.31 Å². The van der Waals surface area contributed by atoms with Crippen molar-refractivity contribution in [3.05, 3.63) is 78.0 Å². The molecule has 0 saturated carbocycles. The number of terminal acetylenes is 1. The van der Waals surface area contributed by atoms with Gasteiger partial charge in [0, 0.05) is 24.0 Å². The summed E-state index contributed by atoms with van der Waals surface area (Å²) in [5.74, 6) is 2.75. The molecule has 5 heteroatoms. The monoisotopic (exact) mass is 390 g/mol. The van der Waals surface area contributed by atoms with E-state index >= 15 is 0 Å². The number of para-hydroxylation sites is 1. The second-order valence-corrected chi connectivity index (χ2v) is 8.92. The van der Waals surface area contributed by atoms with Crippen molar-refractivity contribution in [3.8, 4) is 12.3 Å². The van der Waals surface area contributed by atoms with E-state index in [0.29, 0.717) is 19.5 Å². The Kier molecular flexibility index (Phi) is 4.62. The Bertz CT molecular complexity index is 1200. The number of rotatable bonds is 4. The van der Waals surface area contributed by atoms with Crippen molar-refractivity contribution in [1.82, 2.24) is 8.87 Å². The van der Waals surface area contributed by atoms with Crippen LogP contribution in [0.1, 0.15) is 22.9 Å². The highest BCUT2D eigenvalue weighted by molar-refractivity contribution is 7.89. The normalized spacial score (nSPS) is 17.2. The highest BCUT2D eigenvalue weighted by Crippen LogP contribution is 2.39. The molecular formula is C23H22N2O2S. The summed E-state index contributed by atoms with van der Waals surface area (Å²) in [7, 11) is -3.70. The third kappa shape index (κ3) is 2.77. The summed E-state index contributed by atoms with van der Waals surface area (Å²) in [4.78, 5) is 0.271. The summed E-state index contributed by atoms with van der Waals surface area (Å²) < 4.78 is 30.3. The molecule has 0 N–H and O–H groups in total. The third-order valence-electron chi connectivity index (χ3n) is 5.35. The Morgan fingerprint density at radius 3 is 2.61 bits per heavy atom. The molecule has 0 amide bonds. The number of benzene rings is 2. The number of hydrogen-bond acceptors (Lipinski definition) is 2. The van der Waals surface area contributed by atoms with E-state index in [0.717, 1.165) is 27.7 Å². The van der Waals surface area contributed by atoms with Crippen molar-refractivity contribution in [2.45, 2.75) is 30.8 Å². The smallest absolute Gasteiger partial charge is 0.244 e. The Balaban J connectivity index is 1.89. The Hall–Kier alpha value is -2.81. The third-order valence-corrected chi connectivity index (χ3v) is 7.22. The van der Waals surface area contributed by atoms with Crippen molar-refractivity contribution >= 4 is 20.9 Å². The van der Waals surface area contributed by atoms with Gasteiger partial charge in [0.2, 0.25) is 10.0 Å². The van der Waals surface area contributed by atoms with Crippen LogP contribution in [0.3, 0.4) is 0 Å². The first-order valence-electron chi connectivity index (χ1n) is 9.24. The van der Waals surface area contributed by atoms with Crippen molar-refractivity contribution in [3.63, 3.8) is 0 Å². The lowest BCUT2D eigenvalue weighted by atomic mass is 9.99. The summed E-state index contributed by atoms with van der Waals surface area (Å²) in [5.41, 5.74) is 4.09. The molecule has 1 atom stereocenters. The minimum absolute atomic E-state index is 0.271. The molecule has 2 aromatic carbocycles. The number of nitrogens with zero attached hydrogens (tertiary/aromatic N) is 2. The van der Waals surface area contributed by atoms with Gasteiger partial charge < -0.3 is 4.57 Å². The second-order valence-electron chi connectivity index (χ2n) is 7.03. The molecule has 0 fully saturated rings. The first-order valence-corrected chi connectivity index (χ1v) is 10.7. The van der Waals surface area contributed by atoms with Gasteiger partial charge in [0.25, 0.3) is 0 Å². The van der Waals surface area contributed by atoms with Crippen LogP contribution in [0.15, 0.2) is 66.1 Å². The largest absolute Gasteiger partial charge is 0.338 e. The van der Waals surface area contributed by atoms with Gasteiger partial charge in [-0.3, -0.25) is 0 Å². The van der Waals surface area contributed by atoms with Gasteiger partial charge in [0.05, 0.1) is 10.6 Å². The fourth-order valence-electron chi connectivity index (χ4n) is 4.05. The van der Waals surface area contributed by atoms with Crippen LogP contribution in [0.2, 0.25) is 0 Å². The average Bonchev–Trinajstić information content (AvgIpc) is 3.02. The topological polar surface area (TPSA) is 42.3 Å². The van der Waals surface area contributed by atoms with Crippen LogP contribution in [0.4, 0.5) is 0 Å². The Labute approximate surface area is 166 Å². The molecule has 1 aromatic heterocycles. The van der Waals surface area contributed by atoms with Crippen molar-refractivity contribution in [2.24, 2.45) is 0 Å². The number of fused-ring (bicyclic) bond motifs is 3. The van der Waals surface area contributed by atoms with E-state index in [1.807, 2.05) is 43.3 Å². The molecule has 4 rings (SSSR count). The molecule has 1 aliphatic heterocycles. The Morgan fingerprint density at radius 1 is 1.21 bits per heavy atom. The first-order chi connectivity index (χ1) is 13.5.